The van der Waals surface area contributed by atoms with E-state index in [1.807, 2.05) is 6.07 Å². The molecule has 0 bridgehead atoms. The fourth-order valence-corrected chi connectivity index (χ4v) is 4.02. The van der Waals surface area contributed by atoms with Gasteiger partial charge in [-0.15, -0.1) is 0 Å². The molecule has 2 aliphatic heterocycles. The van der Waals surface area contributed by atoms with E-state index in [2.05, 4.69) is 58.7 Å². The maximum Gasteiger partial charge on any atom is 0.225 e. The molecule has 1 N–H and O–H groups in total. The second-order valence-corrected chi connectivity index (χ2v) is 6.73. The number of rotatable bonds is 2. The van der Waals surface area contributed by atoms with Crippen LogP contribution in [0.2, 0.25) is 0 Å². The molecular weight excluding hydrogens is 284 g/mol. The van der Waals surface area contributed by atoms with E-state index < -0.39 is 0 Å². The molecule has 2 heterocycles. The Balaban J connectivity index is 1.52. The molecule has 1 fully saturated rings. The minimum absolute atomic E-state index is 0.154. The first-order valence-corrected chi connectivity index (χ1v) is 8.41. The molecule has 2 aromatic rings. The predicted molar refractivity (Wildman–Crippen MR) is 90.9 cm³/mol. The van der Waals surface area contributed by atoms with Gasteiger partial charge in [0.2, 0.25) is 5.91 Å². The second kappa shape index (κ2) is 5.82. The van der Waals surface area contributed by atoms with Crippen LogP contribution in [0.3, 0.4) is 0 Å². The summed E-state index contributed by atoms with van der Waals surface area (Å²) in [4.78, 5) is 14.6. The summed E-state index contributed by atoms with van der Waals surface area (Å²) in [6.45, 7) is 3.03. The lowest BCUT2D eigenvalue weighted by atomic mass is 9.75. The summed E-state index contributed by atoms with van der Waals surface area (Å²) in [5.74, 6) is 0.167. The van der Waals surface area contributed by atoms with Crippen LogP contribution in [0.5, 0.6) is 0 Å². The monoisotopic (exact) mass is 306 g/mol. The number of hydrogen-bond donors (Lipinski definition) is 1. The summed E-state index contributed by atoms with van der Waals surface area (Å²) in [5, 5.41) is 3.31. The lowest BCUT2D eigenvalue weighted by Crippen LogP contribution is -2.56. The molecule has 0 atom stereocenters. The summed E-state index contributed by atoms with van der Waals surface area (Å²) in [6, 6.07) is 19.0. The molecule has 23 heavy (non-hydrogen) atoms. The summed E-state index contributed by atoms with van der Waals surface area (Å²) in [7, 11) is 0. The molecule has 3 nitrogen and oxygen atoms in total. The summed E-state index contributed by atoms with van der Waals surface area (Å²) >= 11 is 0. The van der Waals surface area contributed by atoms with E-state index in [0.717, 1.165) is 32.5 Å². The van der Waals surface area contributed by atoms with Crippen molar-refractivity contribution in [3.8, 4) is 0 Å². The first-order chi connectivity index (χ1) is 11.3. The van der Waals surface area contributed by atoms with Crippen LogP contribution in [0.15, 0.2) is 54.6 Å². The molecule has 0 radical (unpaired) electrons. The number of fused-ring (bicyclic) bond motifs is 2. The van der Waals surface area contributed by atoms with Crippen LogP contribution in [-0.4, -0.2) is 23.9 Å². The number of carbonyl (C=O) groups excluding carboxylic acids is 1. The molecule has 0 unspecified atom stereocenters. The van der Waals surface area contributed by atoms with E-state index in [1.54, 1.807) is 0 Å². The highest BCUT2D eigenvalue weighted by Crippen LogP contribution is 2.37. The smallest absolute Gasteiger partial charge is 0.225 e. The van der Waals surface area contributed by atoms with Crippen LogP contribution in [0.1, 0.15) is 29.5 Å². The van der Waals surface area contributed by atoms with Crippen molar-refractivity contribution < 1.29 is 4.79 Å². The zero-order valence-electron chi connectivity index (χ0n) is 13.3. The maximum absolute atomic E-state index is 12.1. The van der Waals surface area contributed by atoms with Crippen molar-refractivity contribution in [1.82, 2.24) is 10.2 Å². The number of benzene rings is 2. The van der Waals surface area contributed by atoms with Crippen LogP contribution in [0.25, 0.3) is 0 Å². The van der Waals surface area contributed by atoms with Crippen molar-refractivity contribution in [3.63, 3.8) is 0 Å². The first kappa shape index (κ1) is 14.5. The average molecular weight is 306 g/mol. The molecule has 4 rings (SSSR count). The van der Waals surface area contributed by atoms with Crippen LogP contribution < -0.4 is 5.32 Å². The van der Waals surface area contributed by atoms with Gasteiger partial charge in [-0.3, -0.25) is 9.69 Å². The van der Waals surface area contributed by atoms with Gasteiger partial charge in [-0.2, -0.15) is 0 Å². The van der Waals surface area contributed by atoms with Gasteiger partial charge in [0, 0.05) is 19.6 Å². The molecule has 2 aromatic carbocycles. The standard InChI is InChI=1S/C20H22N2O/c23-19-14-17-8-4-5-9-18(17)20(21-19)10-12-22(13-11-20)15-16-6-2-1-3-7-16/h1-9H,10-15H2,(H,21,23). The van der Waals surface area contributed by atoms with Crippen molar-refractivity contribution in [1.29, 1.82) is 0 Å². The average Bonchev–Trinajstić information content (AvgIpc) is 2.58. The normalized spacial score (nSPS) is 20.1. The summed E-state index contributed by atoms with van der Waals surface area (Å²) in [5.41, 5.74) is 3.74. The van der Waals surface area contributed by atoms with Crippen LogP contribution in [-0.2, 0) is 23.3 Å². The number of piperidine rings is 1. The fourth-order valence-electron chi connectivity index (χ4n) is 4.02. The highest BCUT2D eigenvalue weighted by Gasteiger charge is 2.41. The third kappa shape index (κ3) is 2.77. The summed E-state index contributed by atoms with van der Waals surface area (Å²) in [6.07, 6.45) is 2.50. The molecule has 0 aliphatic carbocycles. The third-order valence-corrected chi connectivity index (χ3v) is 5.22. The Morgan fingerprint density at radius 2 is 1.65 bits per heavy atom. The quantitative estimate of drug-likeness (QED) is 0.925. The van der Waals surface area contributed by atoms with E-state index in [0.29, 0.717) is 6.42 Å². The van der Waals surface area contributed by atoms with E-state index >= 15 is 0 Å². The van der Waals surface area contributed by atoms with Crippen molar-refractivity contribution in [2.24, 2.45) is 0 Å². The molecular formula is C20H22N2O. The van der Waals surface area contributed by atoms with Gasteiger partial charge in [0.05, 0.1) is 12.0 Å². The molecule has 118 valence electrons. The SMILES string of the molecule is O=C1Cc2ccccc2C2(CCN(Cc3ccccc3)CC2)N1. The number of carbonyl (C=O) groups is 1. The molecule has 1 spiro atoms. The van der Waals surface area contributed by atoms with E-state index in [-0.39, 0.29) is 11.4 Å². The van der Waals surface area contributed by atoms with Gasteiger partial charge in [-0.25, -0.2) is 0 Å². The minimum atomic E-state index is -0.154. The first-order valence-electron chi connectivity index (χ1n) is 8.41. The van der Waals surface area contributed by atoms with Crippen LogP contribution in [0, 0.1) is 0 Å². The zero-order valence-corrected chi connectivity index (χ0v) is 13.3. The number of hydrogen-bond acceptors (Lipinski definition) is 2. The zero-order chi connectivity index (χ0) is 15.7. The van der Waals surface area contributed by atoms with Gasteiger partial charge in [0.25, 0.3) is 0 Å². The van der Waals surface area contributed by atoms with Gasteiger partial charge >= 0.3 is 0 Å². The highest BCUT2D eigenvalue weighted by atomic mass is 16.1. The molecule has 3 heteroatoms. The van der Waals surface area contributed by atoms with Gasteiger partial charge in [0.15, 0.2) is 0 Å². The molecule has 0 saturated carbocycles. The van der Waals surface area contributed by atoms with Crippen LogP contribution >= 0.6 is 0 Å². The molecule has 1 amide bonds. The van der Waals surface area contributed by atoms with E-state index in [9.17, 15) is 4.79 Å². The topological polar surface area (TPSA) is 32.3 Å². The number of amides is 1. The predicted octanol–water partition coefficient (Wildman–Crippen LogP) is 2.85. The van der Waals surface area contributed by atoms with E-state index in [4.69, 9.17) is 0 Å². The van der Waals surface area contributed by atoms with Crippen molar-refractivity contribution in [2.75, 3.05) is 13.1 Å². The minimum Gasteiger partial charge on any atom is -0.346 e. The molecule has 0 aromatic heterocycles. The Labute approximate surface area is 137 Å². The van der Waals surface area contributed by atoms with Gasteiger partial charge in [-0.05, 0) is 29.5 Å². The second-order valence-electron chi connectivity index (χ2n) is 6.73. The highest BCUT2D eigenvalue weighted by molar-refractivity contribution is 5.82. The fraction of sp³-hybridized carbons (Fsp3) is 0.350. The van der Waals surface area contributed by atoms with Gasteiger partial charge < -0.3 is 5.32 Å². The Morgan fingerprint density at radius 1 is 0.957 bits per heavy atom. The van der Waals surface area contributed by atoms with Gasteiger partial charge in [0.1, 0.15) is 0 Å². The Bertz CT molecular complexity index is 703. The van der Waals surface area contributed by atoms with Crippen LogP contribution in [0.4, 0.5) is 0 Å². The number of nitrogens with one attached hydrogen (secondary N) is 1. The number of nitrogens with zero attached hydrogens (tertiary/aromatic N) is 1. The Morgan fingerprint density at radius 3 is 2.43 bits per heavy atom. The van der Waals surface area contributed by atoms with Crippen molar-refractivity contribution in [3.05, 3.63) is 71.3 Å². The molecule has 1 saturated heterocycles. The Hall–Kier alpha value is -2.13. The maximum atomic E-state index is 12.1. The largest absolute Gasteiger partial charge is 0.346 e. The van der Waals surface area contributed by atoms with Crippen molar-refractivity contribution in [2.45, 2.75) is 31.3 Å². The van der Waals surface area contributed by atoms with Gasteiger partial charge in [-0.1, -0.05) is 54.6 Å². The third-order valence-electron chi connectivity index (χ3n) is 5.22. The lowest BCUT2D eigenvalue weighted by Gasteiger charge is -2.45. The molecule has 2 aliphatic rings. The summed E-state index contributed by atoms with van der Waals surface area (Å²) < 4.78 is 0. The van der Waals surface area contributed by atoms with Crippen molar-refractivity contribution >= 4 is 5.91 Å². The lowest BCUT2D eigenvalue weighted by molar-refractivity contribution is -0.124. The van der Waals surface area contributed by atoms with E-state index in [1.165, 1.54) is 16.7 Å². The Kier molecular flexibility index (Phi) is 3.66. The number of likely N-dealkylation sites (tertiary alicyclic amines) is 1.